The molecule has 3 heteroatoms. The largest absolute Gasteiger partial charge is 0.381 e. The van der Waals surface area contributed by atoms with Gasteiger partial charge >= 0.3 is 0 Å². The lowest BCUT2D eigenvalue weighted by atomic mass is 10.2. The molecule has 88 valence electrons. The van der Waals surface area contributed by atoms with Crippen LogP contribution in [0, 0.1) is 0 Å². The fourth-order valence-corrected chi connectivity index (χ4v) is 1.13. The molecule has 0 radical (unpaired) electrons. The fourth-order valence-electron chi connectivity index (χ4n) is 1.13. The van der Waals surface area contributed by atoms with Gasteiger partial charge in [-0.15, -0.1) is 0 Å². The number of carbonyl (C=O) groups excluding carboxylic acids is 1. The Balaban J connectivity index is 0.000000322. The van der Waals surface area contributed by atoms with Gasteiger partial charge in [0.15, 0.2) is 0 Å². The van der Waals surface area contributed by atoms with Crippen LogP contribution in [-0.4, -0.2) is 19.1 Å². The van der Waals surface area contributed by atoms with Gasteiger partial charge in [-0.3, -0.25) is 4.79 Å². The first kappa shape index (κ1) is 14.2. The summed E-state index contributed by atoms with van der Waals surface area (Å²) in [5, 5.41) is 0. The molecule has 1 heterocycles. The molecule has 0 unspecified atom stereocenters. The highest BCUT2D eigenvalue weighted by Gasteiger charge is 1.95. The molecule has 0 aliphatic carbocycles. The Morgan fingerprint density at radius 1 is 1.40 bits per heavy atom. The van der Waals surface area contributed by atoms with Crippen LogP contribution < -0.4 is 5.73 Å². The van der Waals surface area contributed by atoms with Crippen molar-refractivity contribution in [3.63, 3.8) is 0 Å². The molecule has 1 rings (SSSR count). The van der Waals surface area contributed by atoms with Gasteiger partial charge in [0.25, 0.3) is 0 Å². The van der Waals surface area contributed by atoms with Crippen LogP contribution in [0.25, 0.3) is 0 Å². The van der Waals surface area contributed by atoms with E-state index in [0.717, 1.165) is 32.5 Å². The monoisotopic (exact) mass is 213 g/mol. The predicted octanol–water partition coefficient (Wildman–Crippen LogP) is 2.41. The van der Waals surface area contributed by atoms with Crippen molar-refractivity contribution < 1.29 is 9.53 Å². The predicted molar refractivity (Wildman–Crippen MR) is 62.5 cm³/mol. The number of amides is 1. The second kappa shape index (κ2) is 9.71. The minimum absolute atomic E-state index is 0.309. The molecule has 15 heavy (non-hydrogen) atoms. The van der Waals surface area contributed by atoms with Gasteiger partial charge in [0, 0.05) is 18.8 Å². The molecule has 1 amide bonds. The van der Waals surface area contributed by atoms with Crippen molar-refractivity contribution in [2.24, 2.45) is 5.73 Å². The lowest BCUT2D eigenvalue weighted by Gasteiger charge is -1.92. The molecule has 3 nitrogen and oxygen atoms in total. The van der Waals surface area contributed by atoms with Crippen molar-refractivity contribution in [3.05, 3.63) is 11.6 Å². The maximum atomic E-state index is 10.4. The Hall–Kier alpha value is -0.830. The van der Waals surface area contributed by atoms with Crippen LogP contribution in [0.3, 0.4) is 0 Å². The van der Waals surface area contributed by atoms with Crippen molar-refractivity contribution in [2.75, 3.05) is 13.2 Å². The highest BCUT2D eigenvalue weighted by atomic mass is 16.5. The van der Waals surface area contributed by atoms with Gasteiger partial charge in [0.2, 0.25) is 5.91 Å². The summed E-state index contributed by atoms with van der Waals surface area (Å²) in [4.78, 5) is 10.4. The van der Waals surface area contributed by atoms with Gasteiger partial charge in [-0.2, -0.15) is 0 Å². The Kier molecular flexibility index (Phi) is 9.18. The van der Waals surface area contributed by atoms with Crippen molar-refractivity contribution in [1.82, 2.24) is 0 Å². The molecule has 0 aromatic rings. The number of unbranched alkanes of at least 4 members (excludes halogenated alkanes) is 2. The van der Waals surface area contributed by atoms with Gasteiger partial charge < -0.3 is 10.5 Å². The lowest BCUT2D eigenvalue weighted by molar-refractivity contribution is -0.114. The lowest BCUT2D eigenvalue weighted by Crippen LogP contribution is -2.11. The molecule has 0 atom stereocenters. The van der Waals surface area contributed by atoms with Crippen LogP contribution in [0.15, 0.2) is 11.6 Å². The summed E-state index contributed by atoms with van der Waals surface area (Å²) in [6.07, 6.45) is 7.70. The van der Waals surface area contributed by atoms with Gasteiger partial charge in [-0.25, -0.2) is 0 Å². The second-order valence-electron chi connectivity index (χ2n) is 3.71. The zero-order valence-electron chi connectivity index (χ0n) is 9.92. The van der Waals surface area contributed by atoms with Gasteiger partial charge in [-0.1, -0.05) is 25.8 Å². The third kappa shape index (κ3) is 9.47. The minimum atomic E-state index is -0.309. The first-order chi connectivity index (χ1) is 7.18. The number of carbonyl (C=O) groups is 1. The van der Waals surface area contributed by atoms with E-state index in [1.165, 1.54) is 12.8 Å². The summed E-state index contributed by atoms with van der Waals surface area (Å²) >= 11 is 0. The molecular weight excluding hydrogens is 190 g/mol. The minimum Gasteiger partial charge on any atom is -0.381 e. The van der Waals surface area contributed by atoms with Crippen molar-refractivity contribution >= 4 is 5.91 Å². The third-order valence-corrected chi connectivity index (χ3v) is 2.22. The number of ether oxygens (including phenoxy) is 1. The normalized spacial score (nSPS) is 15.7. The second-order valence-corrected chi connectivity index (χ2v) is 3.71. The molecule has 0 saturated carbocycles. The molecule has 0 aromatic heterocycles. The maximum absolute atomic E-state index is 10.4. The van der Waals surface area contributed by atoms with E-state index < -0.39 is 0 Å². The van der Waals surface area contributed by atoms with Gasteiger partial charge in [-0.05, 0) is 26.2 Å². The van der Waals surface area contributed by atoms with Crippen LogP contribution >= 0.6 is 0 Å². The third-order valence-electron chi connectivity index (χ3n) is 2.22. The van der Waals surface area contributed by atoms with Gasteiger partial charge in [0.05, 0.1) is 0 Å². The molecular formula is C12H23NO2. The van der Waals surface area contributed by atoms with E-state index in [4.69, 9.17) is 10.5 Å². The summed E-state index contributed by atoms with van der Waals surface area (Å²) in [5.41, 5.74) is 5.69. The molecule has 0 aromatic carbocycles. The van der Waals surface area contributed by atoms with Crippen molar-refractivity contribution in [3.8, 4) is 0 Å². The average molecular weight is 213 g/mol. The average Bonchev–Trinajstić information content (AvgIpc) is 2.75. The first-order valence-electron chi connectivity index (χ1n) is 5.72. The quantitative estimate of drug-likeness (QED) is 0.576. The Labute approximate surface area is 92.7 Å². The molecule has 0 bridgehead atoms. The summed E-state index contributed by atoms with van der Waals surface area (Å²) in [5.74, 6) is -0.309. The number of hydrogen-bond donors (Lipinski definition) is 1. The summed E-state index contributed by atoms with van der Waals surface area (Å²) < 4.78 is 4.94. The van der Waals surface area contributed by atoms with Crippen molar-refractivity contribution in [2.45, 2.75) is 46.0 Å². The molecule has 1 fully saturated rings. The van der Waals surface area contributed by atoms with E-state index in [-0.39, 0.29) is 5.91 Å². The van der Waals surface area contributed by atoms with E-state index in [2.05, 4.69) is 6.92 Å². The number of allylic oxidation sites excluding steroid dienone is 1. The Morgan fingerprint density at radius 3 is 2.33 bits per heavy atom. The van der Waals surface area contributed by atoms with Crippen LogP contribution in [0.2, 0.25) is 0 Å². The first-order valence-corrected chi connectivity index (χ1v) is 5.72. The highest BCUT2D eigenvalue weighted by Crippen LogP contribution is 1.99. The molecule has 0 spiro atoms. The number of hydrogen-bond acceptors (Lipinski definition) is 2. The number of rotatable bonds is 4. The maximum Gasteiger partial charge on any atom is 0.244 e. The van der Waals surface area contributed by atoms with E-state index in [1.54, 1.807) is 6.92 Å². The van der Waals surface area contributed by atoms with E-state index in [1.807, 2.05) is 6.08 Å². The Morgan fingerprint density at radius 2 is 2.00 bits per heavy atom. The van der Waals surface area contributed by atoms with Crippen molar-refractivity contribution in [1.29, 1.82) is 0 Å². The molecule has 1 aliphatic heterocycles. The zero-order valence-corrected chi connectivity index (χ0v) is 9.92. The van der Waals surface area contributed by atoms with E-state index in [9.17, 15) is 4.79 Å². The summed E-state index contributed by atoms with van der Waals surface area (Å²) in [7, 11) is 0. The standard InChI is InChI=1S/C8H15NO.C4H8O/c1-3-4-5-6-7(2)8(9)10;1-2-4-5-3-1/h6H,3-5H2,1-2H3,(H2,9,10);1-4H2. The van der Waals surface area contributed by atoms with Crippen LogP contribution in [0.5, 0.6) is 0 Å². The SMILES string of the molecule is C1CCOC1.CCCCC=C(C)C(N)=O. The van der Waals surface area contributed by atoms with E-state index in [0.29, 0.717) is 5.57 Å². The molecule has 1 saturated heterocycles. The smallest absolute Gasteiger partial charge is 0.244 e. The number of primary amides is 1. The summed E-state index contributed by atoms with van der Waals surface area (Å²) in [6.45, 7) is 5.87. The van der Waals surface area contributed by atoms with E-state index >= 15 is 0 Å². The highest BCUT2D eigenvalue weighted by molar-refractivity contribution is 5.91. The topological polar surface area (TPSA) is 52.3 Å². The van der Waals surface area contributed by atoms with Crippen LogP contribution in [-0.2, 0) is 9.53 Å². The Bertz CT molecular complexity index is 188. The van der Waals surface area contributed by atoms with Gasteiger partial charge in [0.1, 0.15) is 0 Å². The number of nitrogens with two attached hydrogens (primary N) is 1. The van der Waals surface area contributed by atoms with Crippen LogP contribution in [0.1, 0.15) is 46.0 Å². The zero-order chi connectivity index (χ0) is 11.5. The fraction of sp³-hybridized carbons (Fsp3) is 0.750. The summed E-state index contributed by atoms with van der Waals surface area (Å²) in [6, 6.07) is 0. The molecule has 2 N–H and O–H groups in total. The van der Waals surface area contributed by atoms with Crippen LogP contribution in [0.4, 0.5) is 0 Å². The molecule has 1 aliphatic rings.